The molecule has 1 atom stereocenters. The van der Waals surface area contributed by atoms with Gasteiger partial charge in [0.2, 0.25) is 5.76 Å². The first-order valence-corrected chi connectivity index (χ1v) is 7.37. The van der Waals surface area contributed by atoms with Crippen molar-refractivity contribution >= 4 is 5.91 Å². The average Bonchev–Trinajstić information content (AvgIpc) is 2.90. The highest BCUT2D eigenvalue weighted by Gasteiger charge is 2.28. The van der Waals surface area contributed by atoms with Crippen molar-refractivity contribution in [3.63, 3.8) is 0 Å². The molecular weight excluding hydrogens is 296 g/mol. The van der Waals surface area contributed by atoms with Crippen LogP contribution in [-0.2, 0) is 0 Å². The van der Waals surface area contributed by atoms with Gasteiger partial charge in [-0.25, -0.2) is 0 Å². The molecule has 0 fully saturated rings. The molecule has 1 aromatic carbocycles. The Kier molecular flexibility index (Phi) is 4.75. The van der Waals surface area contributed by atoms with Crippen LogP contribution in [0.4, 0.5) is 0 Å². The van der Waals surface area contributed by atoms with E-state index in [1.165, 1.54) is 0 Å². The van der Waals surface area contributed by atoms with Gasteiger partial charge >= 0.3 is 0 Å². The number of aliphatic hydroxyl groups is 1. The van der Waals surface area contributed by atoms with Gasteiger partial charge in [-0.05, 0) is 52.0 Å². The fraction of sp³-hybridized carbons (Fsp3) is 0.412. The predicted octanol–water partition coefficient (Wildman–Crippen LogP) is 2.93. The summed E-state index contributed by atoms with van der Waals surface area (Å²) in [6, 6.07) is 7.16. The summed E-state index contributed by atoms with van der Waals surface area (Å²) in [5.74, 6) is 0.336. The van der Waals surface area contributed by atoms with E-state index in [1.54, 1.807) is 38.3 Å². The van der Waals surface area contributed by atoms with Gasteiger partial charge in [-0.3, -0.25) is 4.79 Å². The Hall–Kier alpha value is -2.34. The van der Waals surface area contributed by atoms with Crippen LogP contribution in [0.15, 0.2) is 28.8 Å². The average molecular weight is 318 g/mol. The topological polar surface area (TPSA) is 84.6 Å². The highest BCUT2D eigenvalue weighted by atomic mass is 16.5. The van der Waals surface area contributed by atoms with E-state index in [4.69, 9.17) is 9.26 Å². The van der Waals surface area contributed by atoms with Gasteiger partial charge in [0.15, 0.2) is 0 Å². The number of nitrogens with one attached hydrogen (secondary N) is 1. The molecule has 0 aliphatic rings. The fourth-order valence-corrected chi connectivity index (χ4v) is 2.20. The fourth-order valence-electron chi connectivity index (χ4n) is 2.20. The van der Waals surface area contributed by atoms with E-state index in [0.717, 1.165) is 5.56 Å². The molecule has 0 saturated heterocycles. The molecule has 1 unspecified atom stereocenters. The molecule has 2 N–H and O–H groups in total. The maximum Gasteiger partial charge on any atom is 0.290 e. The number of aliphatic hydroxyl groups excluding tert-OH is 1. The molecule has 1 heterocycles. The number of carbonyl (C=O) groups is 1. The van der Waals surface area contributed by atoms with Crippen molar-refractivity contribution in [2.45, 2.75) is 39.3 Å². The number of hydrogen-bond donors (Lipinski definition) is 2. The predicted molar refractivity (Wildman–Crippen MR) is 86.3 cm³/mol. The van der Waals surface area contributed by atoms with Crippen LogP contribution >= 0.6 is 0 Å². The summed E-state index contributed by atoms with van der Waals surface area (Å²) in [5.41, 5.74) is 1.14. The number of methoxy groups -OCH3 is 1. The van der Waals surface area contributed by atoms with Crippen molar-refractivity contribution in [3.8, 4) is 17.0 Å². The Bertz CT molecular complexity index is 682. The van der Waals surface area contributed by atoms with Crippen LogP contribution in [0, 0.1) is 0 Å². The maximum absolute atomic E-state index is 12.4. The van der Waals surface area contributed by atoms with E-state index >= 15 is 0 Å². The van der Waals surface area contributed by atoms with Crippen LogP contribution in [0.3, 0.4) is 0 Å². The summed E-state index contributed by atoms with van der Waals surface area (Å²) in [7, 11) is 1.58. The lowest BCUT2D eigenvalue weighted by molar-refractivity contribution is 0.0873. The summed E-state index contributed by atoms with van der Waals surface area (Å²) in [6.07, 6.45) is -0.890. The maximum atomic E-state index is 12.4. The second-order valence-corrected chi connectivity index (χ2v) is 6.38. The Morgan fingerprint density at radius 3 is 2.39 bits per heavy atom. The molecule has 2 rings (SSSR count). The first kappa shape index (κ1) is 17.0. The number of ether oxygens (including phenoxy) is 1. The molecular formula is C17H22N2O4. The zero-order chi connectivity index (χ0) is 17.2. The largest absolute Gasteiger partial charge is 0.497 e. The van der Waals surface area contributed by atoms with Gasteiger partial charge in [-0.2, -0.15) is 0 Å². The first-order chi connectivity index (χ1) is 10.7. The normalized spacial score (nSPS) is 12.8. The van der Waals surface area contributed by atoms with E-state index in [-0.39, 0.29) is 5.76 Å². The van der Waals surface area contributed by atoms with E-state index in [1.807, 2.05) is 20.8 Å². The second kappa shape index (κ2) is 6.42. The van der Waals surface area contributed by atoms with Crippen LogP contribution in [0.1, 0.15) is 49.9 Å². The number of rotatable bonds is 4. The van der Waals surface area contributed by atoms with Crippen LogP contribution in [0.2, 0.25) is 0 Å². The molecule has 2 aromatic rings. The van der Waals surface area contributed by atoms with Gasteiger partial charge < -0.3 is 19.7 Å². The molecule has 0 saturated carbocycles. The van der Waals surface area contributed by atoms with E-state index in [9.17, 15) is 9.90 Å². The zero-order valence-electron chi connectivity index (χ0n) is 14.0. The van der Waals surface area contributed by atoms with Crippen LogP contribution in [-0.4, -0.2) is 28.8 Å². The summed E-state index contributed by atoms with van der Waals surface area (Å²) >= 11 is 0. The standard InChI is InChI=1S/C17H22N2O4/c1-10(20)13-14(11-6-8-12(22-5)9-7-11)19-23-15(13)16(21)18-17(2,3)4/h6-10,20H,1-5H3,(H,18,21). The Morgan fingerprint density at radius 2 is 1.91 bits per heavy atom. The summed E-state index contributed by atoms with van der Waals surface area (Å²) in [5, 5.41) is 16.9. The molecule has 0 bridgehead atoms. The quantitative estimate of drug-likeness (QED) is 0.905. The van der Waals surface area contributed by atoms with Gasteiger partial charge in [0.1, 0.15) is 11.4 Å². The SMILES string of the molecule is COc1ccc(-c2noc(C(=O)NC(C)(C)C)c2C(C)O)cc1. The van der Waals surface area contributed by atoms with Crippen molar-refractivity contribution < 1.29 is 19.2 Å². The van der Waals surface area contributed by atoms with Gasteiger partial charge in [-0.15, -0.1) is 0 Å². The Labute approximate surface area is 135 Å². The molecule has 0 spiro atoms. The molecule has 1 amide bonds. The Morgan fingerprint density at radius 1 is 1.30 bits per heavy atom. The third-order valence-corrected chi connectivity index (χ3v) is 3.20. The molecule has 6 heteroatoms. The van der Waals surface area contributed by atoms with Gasteiger partial charge in [0.05, 0.1) is 18.8 Å². The van der Waals surface area contributed by atoms with Crippen molar-refractivity contribution in [1.29, 1.82) is 0 Å². The van der Waals surface area contributed by atoms with Gasteiger partial charge in [-0.1, -0.05) is 5.16 Å². The first-order valence-electron chi connectivity index (χ1n) is 7.37. The minimum absolute atomic E-state index is 0.0285. The van der Waals surface area contributed by atoms with Gasteiger partial charge in [0, 0.05) is 11.1 Å². The number of nitrogens with zero attached hydrogens (tertiary/aromatic N) is 1. The lowest BCUT2D eigenvalue weighted by atomic mass is 10.0. The zero-order valence-corrected chi connectivity index (χ0v) is 14.0. The molecule has 0 aliphatic carbocycles. The van der Waals surface area contributed by atoms with E-state index < -0.39 is 17.6 Å². The van der Waals surface area contributed by atoms with Crippen molar-refractivity contribution in [2.24, 2.45) is 0 Å². The lowest BCUT2D eigenvalue weighted by Gasteiger charge is -2.19. The van der Waals surface area contributed by atoms with E-state index in [0.29, 0.717) is 17.0 Å². The lowest BCUT2D eigenvalue weighted by Crippen LogP contribution is -2.40. The highest BCUT2D eigenvalue weighted by molar-refractivity contribution is 5.95. The molecule has 1 aromatic heterocycles. The third-order valence-electron chi connectivity index (χ3n) is 3.20. The Balaban J connectivity index is 2.43. The minimum atomic E-state index is -0.890. The summed E-state index contributed by atoms with van der Waals surface area (Å²) in [6.45, 7) is 7.18. The van der Waals surface area contributed by atoms with Crippen LogP contribution in [0.25, 0.3) is 11.3 Å². The molecule has 124 valence electrons. The summed E-state index contributed by atoms with van der Waals surface area (Å²) < 4.78 is 10.3. The van der Waals surface area contributed by atoms with Crippen LogP contribution in [0.5, 0.6) is 5.75 Å². The molecule has 23 heavy (non-hydrogen) atoms. The number of hydrogen-bond acceptors (Lipinski definition) is 5. The smallest absolute Gasteiger partial charge is 0.290 e. The number of aromatic nitrogens is 1. The minimum Gasteiger partial charge on any atom is -0.497 e. The van der Waals surface area contributed by atoms with Crippen molar-refractivity contribution in [1.82, 2.24) is 10.5 Å². The molecule has 6 nitrogen and oxygen atoms in total. The third kappa shape index (κ3) is 3.90. The van der Waals surface area contributed by atoms with Crippen molar-refractivity contribution in [2.75, 3.05) is 7.11 Å². The molecule has 0 aliphatic heterocycles. The monoisotopic (exact) mass is 318 g/mol. The van der Waals surface area contributed by atoms with Gasteiger partial charge in [0.25, 0.3) is 5.91 Å². The number of carbonyl (C=O) groups excluding carboxylic acids is 1. The number of amides is 1. The molecule has 0 radical (unpaired) electrons. The second-order valence-electron chi connectivity index (χ2n) is 6.38. The highest BCUT2D eigenvalue weighted by Crippen LogP contribution is 2.31. The number of benzene rings is 1. The van der Waals surface area contributed by atoms with Crippen molar-refractivity contribution in [3.05, 3.63) is 35.6 Å². The van der Waals surface area contributed by atoms with E-state index in [2.05, 4.69) is 10.5 Å². The summed E-state index contributed by atoms with van der Waals surface area (Å²) in [4.78, 5) is 12.4. The van der Waals surface area contributed by atoms with Crippen LogP contribution < -0.4 is 10.1 Å².